The Morgan fingerprint density at radius 2 is 1.35 bits per heavy atom. The van der Waals surface area contributed by atoms with E-state index in [2.05, 4.69) is 5.32 Å². The first-order valence-electron chi connectivity index (χ1n) is 11.0. The van der Waals surface area contributed by atoms with Gasteiger partial charge in [0.2, 0.25) is 5.82 Å². The molecule has 37 heavy (non-hydrogen) atoms. The quantitative estimate of drug-likeness (QED) is 0.249. The van der Waals surface area contributed by atoms with E-state index in [9.17, 15) is 26.7 Å². The number of carbonyl (C=O) groups excluding carboxylic acids is 1. The van der Waals surface area contributed by atoms with Gasteiger partial charge in [-0.15, -0.1) is 0 Å². The Labute approximate surface area is 214 Å². The molecule has 0 aromatic heterocycles. The van der Waals surface area contributed by atoms with E-state index in [0.29, 0.717) is 33.5 Å². The van der Waals surface area contributed by atoms with E-state index in [1.54, 1.807) is 30.3 Å². The minimum atomic E-state index is -2.19. The van der Waals surface area contributed by atoms with Crippen molar-refractivity contribution < 1.29 is 36.2 Å². The van der Waals surface area contributed by atoms with Crippen molar-refractivity contribution in [3.8, 4) is 11.5 Å². The topological polar surface area (TPSA) is 54.0 Å². The van der Waals surface area contributed by atoms with Crippen LogP contribution < -0.4 is 24.6 Å². The van der Waals surface area contributed by atoms with Crippen molar-refractivity contribution in [1.82, 2.24) is 0 Å². The molecule has 0 spiro atoms. The lowest BCUT2D eigenvalue weighted by Gasteiger charge is -2.38. The molecule has 1 amide bonds. The number of amides is 1. The monoisotopic (exact) mass is 541 g/mol. The smallest absolute Gasteiger partial charge is 0.255 e. The molecule has 12 heteroatoms. The van der Waals surface area contributed by atoms with Crippen LogP contribution in [0.5, 0.6) is 11.5 Å². The van der Waals surface area contributed by atoms with Crippen LogP contribution in [0.25, 0.3) is 0 Å². The fraction of sp³-hybridized carbons (Fsp3) is 0.240. The summed E-state index contributed by atoms with van der Waals surface area (Å²) in [5.41, 5.74) is 0.397. The summed E-state index contributed by atoms with van der Waals surface area (Å²) in [4.78, 5) is 15.6. The van der Waals surface area contributed by atoms with Crippen LogP contribution in [0.1, 0.15) is 10.4 Å². The van der Waals surface area contributed by atoms with Gasteiger partial charge in [0.25, 0.3) is 5.91 Å². The van der Waals surface area contributed by atoms with Gasteiger partial charge >= 0.3 is 0 Å². The van der Waals surface area contributed by atoms with E-state index in [0.717, 1.165) is 4.90 Å². The molecule has 0 saturated carbocycles. The lowest BCUT2D eigenvalue weighted by atomic mass is 10.1. The second-order valence-corrected chi connectivity index (χ2v) is 8.49. The van der Waals surface area contributed by atoms with Gasteiger partial charge in [0.05, 0.1) is 24.9 Å². The Kier molecular flexibility index (Phi) is 7.63. The molecule has 0 unspecified atom stereocenters. The minimum Gasteiger partial charge on any atom is -0.493 e. The van der Waals surface area contributed by atoms with E-state index < -0.39 is 40.7 Å². The second-order valence-electron chi connectivity index (χ2n) is 8.08. The molecular weight excluding hydrogens is 521 g/mol. The Balaban J connectivity index is 1.45. The molecular formula is C25H21ClF5N3O3. The van der Waals surface area contributed by atoms with Crippen molar-refractivity contribution in [1.29, 1.82) is 0 Å². The van der Waals surface area contributed by atoms with E-state index in [4.69, 9.17) is 21.1 Å². The van der Waals surface area contributed by atoms with Crippen molar-refractivity contribution in [3.05, 3.63) is 76.1 Å². The molecule has 1 fully saturated rings. The van der Waals surface area contributed by atoms with Crippen molar-refractivity contribution >= 4 is 34.6 Å². The third-order valence-electron chi connectivity index (χ3n) is 5.97. The first-order chi connectivity index (χ1) is 17.7. The zero-order valence-corrected chi connectivity index (χ0v) is 20.4. The number of halogens is 6. The molecule has 1 aliphatic rings. The summed E-state index contributed by atoms with van der Waals surface area (Å²) in [6, 6.07) is 9.57. The highest BCUT2D eigenvalue weighted by Gasteiger charge is 2.31. The molecule has 196 valence electrons. The van der Waals surface area contributed by atoms with Gasteiger partial charge in [0.1, 0.15) is 5.69 Å². The Hall–Kier alpha value is -3.73. The minimum absolute atomic E-state index is 0.00747. The van der Waals surface area contributed by atoms with Crippen LogP contribution in [0.15, 0.2) is 36.4 Å². The lowest BCUT2D eigenvalue weighted by Crippen LogP contribution is -2.47. The molecule has 3 aromatic carbocycles. The standard InChI is InChI=1S/C25H21ClF5N3O3/c1-36-17-6-3-13(11-18(17)37-2)25(35)32-14-4-5-16(15(26)12-14)33-7-9-34(10-8-33)24-22(30)20(28)19(27)21(29)23(24)31/h3-6,11-12H,7-10H2,1-2H3,(H,32,35). The van der Waals surface area contributed by atoms with Gasteiger partial charge in [-0.3, -0.25) is 4.79 Å². The predicted octanol–water partition coefficient (Wildman–Crippen LogP) is 5.63. The fourth-order valence-corrected chi connectivity index (χ4v) is 4.36. The summed E-state index contributed by atoms with van der Waals surface area (Å²) in [7, 11) is 2.95. The van der Waals surface area contributed by atoms with Crippen LogP contribution in [0.2, 0.25) is 5.02 Å². The third kappa shape index (κ3) is 5.08. The van der Waals surface area contributed by atoms with Crippen LogP contribution >= 0.6 is 11.6 Å². The van der Waals surface area contributed by atoms with Gasteiger partial charge < -0.3 is 24.6 Å². The van der Waals surface area contributed by atoms with Gasteiger partial charge in [-0.25, -0.2) is 22.0 Å². The maximum Gasteiger partial charge on any atom is 0.255 e. The number of nitrogens with one attached hydrogen (secondary N) is 1. The number of nitrogens with zero attached hydrogens (tertiary/aromatic N) is 2. The van der Waals surface area contributed by atoms with Crippen molar-refractivity contribution in [2.75, 3.05) is 55.5 Å². The van der Waals surface area contributed by atoms with Crippen molar-refractivity contribution in [3.63, 3.8) is 0 Å². The number of rotatable bonds is 6. The summed E-state index contributed by atoms with van der Waals surface area (Å²) >= 11 is 6.44. The highest BCUT2D eigenvalue weighted by atomic mass is 35.5. The number of carbonyl (C=O) groups is 1. The van der Waals surface area contributed by atoms with Crippen molar-refractivity contribution in [2.45, 2.75) is 0 Å². The molecule has 1 aliphatic heterocycles. The third-order valence-corrected chi connectivity index (χ3v) is 6.28. The predicted molar refractivity (Wildman–Crippen MR) is 130 cm³/mol. The van der Waals surface area contributed by atoms with E-state index in [1.165, 1.54) is 20.3 Å². The molecule has 1 saturated heterocycles. The van der Waals surface area contributed by atoms with Gasteiger partial charge in [0.15, 0.2) is 34.8 Å². The molecule has 1 N–H and O–H groups in total. The summed E-state index contributed by atoms with van der Waals surface area (Å²) in [6.07, 6.45) is 0. The summed E-state index contributed by atoms with van der Waals surface area (Å²) < 4.78 is 79.3. The average Bonchev–Trinajstić information content (AvgIpc) is 2.91. The SMILES string of the molecule is COc1ccc(C(=O)Nc2ccc(N3CCN(c4c(F)c(F)c(F)c(F)c4F)CC3)c(Cl)c2)cc1OC. The summed E-state index contributed by atoms with van der Waals surface area (Å²) in [6.45, 7) is 0.395. The largest absolute Gasteiger partial charge is 0.493 e. The molecule has 0 atom stereocenters. The molecule has 0 aliphatic carbocycles. The van der Waals surface area contributed by atoms with Crippen LogP contribution in [0.4, 0.5) is 39.0 Å². The van der Waals surface area contributed by atoms with Crippen molar-refractivity contribution in [2.24, 2.45) is 0 Å². The molecule has 0 bridgehead atoms. The van der Waals surface area contributed by atoms with Gasteiger partial charge in [-0.05, 0) is 36.4 Å². The summed E-state index contributed by atoms with van der Waals surface area (Å²) in [5.74, 6) is -9.41. The number of ether oxygens (including phenoxy) is 2. The highest BCUT2D eigenvalue weighted by molar-refractivity contribution is 6.33. The Bertz CT molecular complexity index is 1320. The lowest BCUT2D eigenvalue weighted by molar-refractivity contribution is 0.102. The molecule has 3 aromatic rings. The maximum atomic E-state index is 14.2. The van der Waals surface area contributed by atoms with Crippen LogP contribution in [0.3, 0.4) is 0 Å². The molecule has 4 rings (SSSR count). The Morgan fingerprint density at radius 3 is 1.92 bits per heavy atom. The first kappa shape index (κ1) is 26.3. The number of methoxy groups -OCH3 is 2. The van der Waals surface area contributed by atoms with E-state index in [-0.39, 0.29) is 26.2 Å². The van der Waals surface area contributed by atoms with Gasteiger partial charge in [-0.1, -0.05) is 11.6 Å². The Morgan fingerprint density at radius 1 is 0.784 bits per heavy atom. The normalized spacial score (nSPS) is 13.5. The number of hydrogen-bond donors (Lipinski definition) is 1. The van der Waals surface area contributed by atoms with Crippen LogP contribution in [0, 0.1) is 29.1 Å². The van der Waals surface area contributed by atoms with Gasteiger partial charge in [-0.2, -0.15) is 0 Å². The van der Waals surface area contributed by atoms with E-state index in [1.807, 2.05) is 4.90 Å². The fourth-order valence-electron chi connectivity index (χ4n) is 4.06. The number of anilines is 3. The zero-order valence-electron chi connectivity index (χ0n) is 19.7. The van der Waals surface area contributed by atoms with E-state index >= 15 is 0 Å². The van der Waals surface area contributed by atoms with Gasteiger partial charge in [0, 0.05) is 37.4 Å². The number of hydrogen-bond acceptors (Lipinski definition) is 5. The second kappa shape index (κ2) is 10.7. The number of piperazine rings is 1. The number of benzene rings is 3. The molecule has 0 radical (unpaired) electrons. The highest BCUT2D eigenvalue weighted by Crippen LogP contribution is 2.34. The maximum absolute atomic E-state index is 14.2. The zero-order chi connectivity index (χ0) is 26.9. The summed E-state index contributed by atoms with van der Waals surface area (Å²) in [5, 5.41) is 3.04. The molecule has 1 heterocycles. The molecule has 6 nitrogen and oxygen atoms in total. The average molecular weight is 542 g/mol. The van der Waals surface area contributed by atoms with Crippen LogP contribution in [-0.4, -0.2) is 46.3 Å². The van der Waals surface area contributed by atoms with Crippen LogP contribution in [-0.2, 0) is 0 Å². The first-order valence-corrected chi connectivity index (χ1v) is 11.4.